The largest absolute Gasteiger partial charge is 0.378 e. The molecule has 2 rings (SSSR count). The molecule has 1 aromatic heterocycles. The third-order valence-corrected chi connectivity index (χ3v) is 3.77. The molecule has 90 valence electrons. The molecule has 0 spiro atoms. The summed E-state index contributed by atoms with van der Waals surface area (Å²) < 4.78 is 5.41. The van der Waals surface area contributed by atoms with Crippen LogP contribution in [0.25, 0.3) is 0 Å². The van der Waals surface area contributed by atoms with Crippen LogP contribution in [-0.4, -0.2) is 37.3 Å². The maximum atomic E-state index is 5.41. The normalized spacial score (nSPS) is 23.2. The number of nitrogens with one attached hydrogen (secondary N) is 2. The lowest BCUT2D eigenvalue weighted by Crippen LogP contribution is -2.47. The van der Waals surface area contributed by atoms with Crippen LogP contribution in [0.3, 0.4) is 0 Å². The molecule has 1 fully saturated rings. The Hall–Kier alpha value is -0.490. The molecule has 0 aliphatic carbocycles. The van der Waals surface area contributed by atoms with Crippen molar-refractivity contribution in [2.24, 2.45) is 0 Å². The van der Waals surface area contributed by atoms with Crippen molar-refractivity contribution < 1.29 is 4.74 Å². The second-order valence-electron chi connectivity index (χ2n) is 4.17. The molecule has 5 heteroatoms. The van der Waals surface area contributed by atoms with Gasteiger partial charge in [-0.05, 0) is 13.8 Å². The van der Waals surface area contributed by atoms with Crippen molar-refractivity contribution in [3.63, 3.8) is 0 Å². The van der Waals surface area contributed by atoms with Crippen LogP contribution >= 0.6 is 11.3 Å². The van der Waals surface area contributed by atoms with Gasteiger partial charge in [0, 0.05) is 30.2 Å². The highest BCUT2D eigenvalue weighted by Gasteiger charge is 2.15. The molecule has 2 heterocycles. The lowest BCUT2D eigenvalue weighted by atomic mass is 10.2. The van der Waals surface area contributed by atoms with E-state index in [2.05, 4.69) is 29.5 Å². The predicted octanol–water partition coefficient (Wildman–Crippen LogP) is 1.09. The molecule has 1 aliphatic heterocycles. The summed E-state index contributed by atoms with van der Waals surface area (Å²) in [5.74, 6) is 0. The number of morpholine rings is 1. The van der Waals surface area contributed by atoms with E-state index in [1.165, 1.54) is 4.88 Å². The molecular weight excluding hydrogens is 222 g/mol. The highest BCUT2D eigenvalue weighted by Crippen LogP contribution is 2.18. The van der Waals surface area contributed by atoms with Crippen molar-refractivity contribution in [2.45, 2.75) is 25.9 Å². The van der Waals surface area contributed by atoms with Crippen LogP contribution in [0.1, 0.15) is 22.9 Å². The summed E-state index contributed by atoms with van der Waals surface area (Å²) in [6, 6.07) is 0.750. The zero-order chi connectivity index (χ0) is 11.4. The smallest absolute Gasteiger partial charge is 0.109 e. The molecule has 2 unspecified atom stereocenters. The van der Waals surface area contributed by atoms with Gasteiger partial charge in [-0.2, -0.15) is 0 Å². The molecule has 0 amide bonds. The molecule has 2 atom stereocenters. The quantitative estimate of drug-likeness (QED) is 0.828. The van der Waals surface area contributed by atoms with E-state index in [0.29, 0.717) is 12.1 Å². The SMILES string of the molecule is Cc1cnc(C(C)NCC2COCCN2)s1. The summed E-state index contributed by atoms with van der Waals surface area (Å²) in [4.78, 5) is 5.65. The lowest BCUT2D eigenvalue weighted by Gasteiger charge is -2.25. The Kier molecular flexibility index (Phi) is 4.29. The zero-order valence-electron chi connectivity index (χ0n) is 9.82. The van der Waals surface area contributed by atoms with Crippen LogP contribution in [0.4, 0.5) is 0 Å². The second kappa shape index (κ2) is 5.72. The number of nitrogens with zero attached hydrogens (tertiary/aromatic N) is 1. The molecule has 0 aromatic carbocycles. The van der Waals surface area contributed by atoms with Gasteiger partial charge in [0.05, 0.1) is 19.3 Å². The highest BCUT2D eigenvalue weighted by molar-refractivity contribution is 7.11. The van der Waals surface area contributed by atoms with Gasteiger partial charge in [-0.15, -0.1) is 11.3 Å². The number of hydrogen-bond acceptors (Lipinski definition) is 5. The maximum absolute atomic E-state index is 5.41. The first-order valence-electron chi connectivity index (χ1n) is 5.72. The Morgan fingerprint density at radius 2 is 2.62 bits per heavy atom. The first kappa shape index (κ1) is 12.0. The number of aryl methyl sites for hydroxylation is 1. The Bertz CT molecular complexity index is 323. The molecule has 0 bridgehead atoms. The van der Waals surface area contributed by atoms with E-state index in [4.69, 9.17) is 4.74 Å². The summed E-state index contributed by atoms with van der Waals surface area (Å²) in [6.45, 7) is 7.76. The van der Waals surface area contributed by atoms with Crippen molar-refractivity contribution in [1.82, 2.24) is 15.6 Å². The number of rotatable bonds is 4. The molecule has 0 saturated carbocycles. The summed E-state index contributed by atoms with van der Waals surface area (Å²) >= 11 is 1.76. The topological polar surface area (TPSA) is 46.2 Å². The molecule has 16 heavy (non-hydrogen) atoms. The average molecular weight is 241 g/mol. The lowest BCUT2D eigenvalue weighted by molar-refractivity contribution is 0.0760. The van der Waals surface area contributed by atoms with Crippen molar-refractivity contribution >= 4 is 11.3 Å². The van der Waals surface area contributed by atoms with Crippen LogP contribution in [-0.2, 0) is 4.74 Å². The van der Waals surface area contributed by atoms with Gasteiger partial charge in [0.1, 0.15) is 5.01 Å². The molecule has 4 nitrogen and oxygen atoms in total. The standard InChI is InChI=1S/C11H19N3OS/c1-8-5-14-11(16-8)9(2)13-6-10-7-15-4-3-12-10/h5,9-10,12-13H,3-4,6-7H2,1-2H3. The summed E-state index contributed by atoms with van der Waals surface area (Å²) in [6.07, 6.45) is 1.93. The minimum atomic E-state index is 0.322. The Morgan fingerprint density at radius 1 is 1.75 bits per heavy atom. The van der Waals surface area contributed by atoms with Gasteiger partial charge in [-0.3, -0.25) is 0 Å². The van der Waals surface area contributed by atoms with Gasteiger partial charge >= 0.3 is 0 Å². The molecule has 1 aromatic rings. The van der Waals surface area contributed by atoms with E-state index in [1.54, 1.807) is 11.3 Å². The van der Waals surface area contributed by atoms with E-state index in [1.807, 2.05) is 6.20 Å². The van der Waals surface area contributed by atoms with Crippen LogP contribution in [0.5, 0.6) is 0 Å². The number of thiazole rings is 1. The summed E-state index contributed by atoms with van der Waals surface area (Å²) in [5.41, 5.74) is 0. The first-order chi connectivity index (χ1) is 7.75. The van der Waals surface area contributed by atoms with Crippen LogP contribution in [0.15, 0.2) is 6.20 Å². The maximum Gasteiger partial charge on any atom is 0.109 e. The van der Waals surface area contributed by atoms with Crippen molar-refractivity contribution in [3.05, 3.63) is 16.1 Å². The number of aromatic nitrogens is 1. The highest BCUT2D eigenvalue weighted by atomic mass is 32.1. The number of hydrogen-bond donors (Lipinski definition) is 2. The molecule has 2 N–H and O–H groups in total. The fourth-order valence-corrected chi connectivity index (χ4v) is 2.53. The average Bonchev–Trinajstić information content (AvgIpc) is 2.74. The first-order valence-corrected chi connectivity index (χ1v) is 6.54. The fourth-order valence-electron chi connectivity index (χ4n) is 1.73. The summed E-state index contributed by atoms with van der Waals surface area (Å²) in [5, 5.41) is 8.08. The molecule has 1 aliphatic rings. The monoisotopic (exact) mass is 241 g/mol. The van der Waals surface area contributed by atoms with Gasteiger partial charge in [-0.25, -0.2) is 4.98 Å². The van der Waals surface area contributed by atoms with E-state index in [0.717, 1.165) is 31.3 Å². The van der Waals surface area contributed by atoms with Crippen molar-refractivity contribution in [1.29, 1.82) is 0 Å². The molecule has 0 radical (unpaired) electrons. The van der Waals surface area contributed by atoms with E-state index < -0.39 is 0 Å². The van der Waals surface area contributed by atoms with Gasteiger partial charge in [-0.1, -0.05) is 0 Å². The Morgan fingerprint density at radius 3 is 3.25 bits per heavy atom. The summed E-state index contributed by atoms with van der Waals surface area (Å²) in [7, 11) is 0. The van der Waals surface area contributed by atoms with E-state index in [-0.39, 0.29) is 0 Å². The molecule has 1 saturated heterocycles. The van der Waals surface area contributed by atoms with Gasteiger partial charge < -0.3 is 15.4 Å². The van der Waals surface area contributed by atoms with Crippen LogP contribution < -0.4 is 10.6 Å². The second-order valence-corrected chi connectivity index (χ2v) is 5.43. The fraction of sp³-hybridized carbons (Fsp3) is 0.727. The van der Waals surface area contributed by atoms with E-state index in [9.17, 15) is 0 Å². The minimum absolute atomic E-state index is 0.322. The van der Waals surface area contributed by atoms with Crippen molar-refractivity contribution in [3.8, 4) is 0 Å². The Balaban J connectivity index is 1.76. The van der Waals surface area contributed by atoms with E-state index >= 15 is 0 Å². The van der Waals surface area contributed by atoms with Crippen molar-refractivity contribution in [2.75, 3.05) is 26.3 Å². The van der Waals surface area contributed by atoms with Gasteiger partial charge in [0.2, 0.25) is 0 Å². The minimum Gasteiger partial charge on any atom is -0.378 e. The van der Waals surface area contributed by atoms with Gasteiger partial charge in [0.25, 0.3) is 0 Å². The number of ether oxygens (including phenoxy) is 1. The van der Waals surface area contributed by atoms with Gasteiger partial charge in [0.15, 0.2) is 0 Å². The third-order valence-electron chi connectivity index (χ3n) is 2.68. The zero-order valence-corrected chi connectivity index (χ0v) is 10.6. The predicted molar refractivity (Wildman–Crippen MR) is 65.9 cm³/mol. The van der Waals surface area contributed by atoms with Crippen LogP contribution in [0, 0.1) is 6.92 Å². The van der Waals surface area contributed by atoms with Crippen LogP contribution in [0.2, 0.25) is 0 Å². The third kappa shape index (κ3) is 3.25. The Labute approximate surface area is 100 Å². The molecular formula is C11H19N3OS.